The molecule has 0 spiro atoms. The zero-order chi connectivity index (χ0) is 18.1. The highest BCUT2D eigenvalue weighted by Gasteiger charge is 2.30. The van der Waals surface area contributed by atoms with E-state index in [9.17, 15) is 24.8 Å². The number of nitro benzene ring substituents is 1. The zero-order valence-electron chi connectivity index (χ0n) is 13.4. The van der Waals surface area contributed by atoms with Crippen molar-refractivity contribution < 1.29 is 19.6 Å². The van der Waals surface area contributed by atoms with Crippen LogP contribution in [0.2, 0.25) is 0 Å². The minimum Gasteiger partial charge on any atom is -0.494 e. The van der Waals surface area contributed by atoms with Crippen LogP contribution in [0.4, 0.5) is 10.5 Å². The first kappa shape index (κ1) is 16.7. The third-order valence-electron chi connectivity index (χ3n) is 4.53. The van der Waals surface area contributed by atoms with Crippen molar-refractivity contribution in [1.82, 2.24) is 9.88 Å². The molecule has 0 unspecified atom stereocenters. The van der Waals surface area contributed by atoms with Gasteiger partial charge in [-0.2, -0.15) is 0 Å². The lowest BCUT2D eigenvalue weighted by atomic mass is 9.95. The Kier molecular flexibility index (Phi) is 4.30. The summed E-state index contributed by atoms with van der Waals surface area (Å²) in [5.41, 5.74) is 4.48. The summed E-state index contributed by atoms with van der Waals surface area (Å²) < 4.78 is 0.600. The standard InChI is InChI=1S/C16H18N4O5/c17-16(23)19-13-10(7-4-8-11(13)20(24)25)12(15(19)22)14(21)18-9-5-2-1-3-6-9/h4,7-9,22H,1-3,5-6H2,(H2,17,23)(H,18,21). The van der Waals surface area contributed by atoms with Crippen LogP contribution in [-0.4, -0.2) is 32.6 Å². The highest BCUT2D eigenvalue weighted by Crippen LogP contribution is 2.36. The number of nitrogens with one attached hydrogen (secondary N) is 1. The Bertz CT molecular complexity index is 867. The van der Waals surface area contributed by atoms with Crippen molar-refractivity contribution in [2.24, 2.45) is 5.73 Å². The smallest absolute Gasteiger partial charge is 0.326 e. The van der Waals surface area contributed by atoms with Gasteiger partial charge in [0.1, 0.15) is 11.1 Å². The predicted octanol–water partition coefficient (Wildman–Crippen LogP) is 2.24. The molecule has 9 nitrogen and oxygen atoms in total. The van der Waals surface area contributed by atoms with Gasteiger partial charge in [-0.25, -0.2) is 9.36 Å². The molecule has 0 aliphatic heterocycles. The van der Waals surface area contributed by atoms with Gasteiger partial charge < -0.3 is 16.2 Å². The number of para-hydroxylation sites is 1. The minimum absolute atomic E-state index is 0.0219. The van der Waals surface area contributed by atoms with Crippen molar-refractivity contribution in [3.05, 3.63) is 33.9 Å². The summed E-state index contributed by atoms with van der Waals surface area (Å²) in [6, 6.07) is 2.89. The van der Waals surface area contributed by atoms with Crippen LogP contribution in [0.1, 0.15) is 42.5 Å². The van der Waals surface area contributed by atoms with E-state index in [0.717, 1.165) is 32.1 Å². The van der Waals surface area contributed by atoms with Crippen molar-refractivity contribution in [2.75, 3.05) is 0 Å². The van der Waals surface area contributed by atoms with Crippen LogP contribution in [0.5, 0.6) is 5.88 Å². The van der Waals surface area contributed by atoms with Gasteiger partial charge in [-0.15, -0.1) is 0 Å². The third-order valence-corrected chi connectivity index (χ3v) is 4.53. The van der Waals surface area contributed by atoms with E-state index < -0.39 is 28.4 Å². The lowest BCUT2D eigenvalue weighted by Gasteiger charge is -2.22. The van der Waals surface area contributed by atoms with E-state index in [-0.39, 0.29) is 22.5 Å². The Balaban J connectivity index is 2.13. The number of nitro groups is 1. The molecule has 2 aromatic rings. The fraction of sp³-hybridized carbons (Fsp3) is 0.375. The predicted molar refractivity (Wildman–Crippen MR) is 89.6 cm³/mol. The molecule has 0 radical (unpaired) electrons. The van der Waals surface area contributed by atoms with Gasteiger partial charge in [0.2, 0.25) is 5.88 Å². The van der Waals surface area contributed by atoms with Crippen LogP contribution in [0.3, 0.4) is 0 Å². The van der Waals surface area contributed by atoms with Crippen molar-refractivity contribution >= 4 is 28.5 Å². The SMILES string of the molecule is NC(=O)n1c(O)c(C(=O)NC2CCCCC2)c2cccc([N+](=O)[O-])c21. The number of hydrogen-bond acceptors (Lipinski definition) is 5. The van der Waals surface area contributed by atoms with Crippen molar-refractivity contribution in [1.29, 1.82) is 0 Å². The Morgan fingerprint density at radius 2 is 1.96 bits per heavy atom. The average molecular weight is 346 g/mol. The van der Waals surface area contributed by atoms with Crippen LogP contribution in [0.25, 0.3) is 10.9 Å². The second-order valence-corrected chi connectivity index (χ2v) is 6.11. The number of nitrogens with two attached hydrogens (primary N) is 1. The van der Waals surface area contributed by atoms with Gasteiger partial charge in [-0.3, -0.25) is 14.9 Å². The van der Waals surface area contributed by atoms with Gasteiger partial charge in [0, 0.05) is 17.5 Å². The van der Waals surface area contributed by atoms with Gasteiger partial charge >= 0.3 is 6.03 Å². The number of aromatic hydroxyl groups is 1. The molecule has 25 heavy (non-hydrogen) atoms. The number of benzene rings is 1. The van der Waals surface area contributed by atoms with Gasteiger partial charge in [-0.05, 0) is 12.8 Å². The molecule has 1 fully saturated rings. The van der Waals surface area contributed by atoms with E-state index >= 15 is 0 Å². The maximum Gasteiger partial charge on any atom is 0.326 e. The molecule has 2 amide bonds. The van der Waals surface area contributed by atoms with E-state index in [1.165, 1.54) is 18.2 Å². The van der Waals surface area contributed by atoms with E-state index in [1.54, 1.807) is 0 Å². The maximum absolute atomic E-state index is 12.7. The second-order valence-electron chi connectivity index (χ2n) is 6.11. The summed E-state index contributed by atoms with van der Waals surface area (Å²) in [7, 11) is 0. The molecule has 1 aliphatic carbocycles. The Hall–Kier alpha value is -3.10. The molecule has 0 atom stereocenters. The summed E-state index contributed by atoms with van der Waals surface area (Å²) in [5.74, 6) is -1.26. The maximum atomic E-state index is 12.7. The molecule has 1 aromatic carbocycles. The lowest BCUT2D eigenvalue weighted by molar-refractivity contribution is -0.383. The summed E-state index contributed by atoms with van der Waals surface area (Å²) >= 11 is 0. The fourth-order valence-corrected chi connectivity index (χ4v) is 3.40. The molecule has 0 saturated heterocycles. The molecule has 1 aliphatic rings. The first-order valence-corrected chi connectivity index (χ1v) is 8.03. The molecule has 3 rings (SSSR count). The van der Waals surface area contributed by atoms with Crippen LogP contribution in [0.15, 0.2) is 18.2 Å². The summed E-state index contributed by atoms with van der Waals surface area (Å²) in [4.78, 5) is 34.9. The van der Waals surface area contributed by atoms with Crippen LogP contribution < -0.4 is 11.1 Å². The Morgan fingerprint density at radius 1 is 1.28 bits per heavy atom. The van der Waals surface area contributed by atoms with Gasteiger partial charge in [0.25, 0.3) is 11.6 Å². The first-order chi connectivity index (χ1) is 11.9. The molecule has 4 N–H and O–H groups in total. The Morgan fingerprint density at radius 3 is 2.56 bits per heavy atom. The largest absolute Gasteiger partial charge is 0.494 e. The van der Waals surface area contributed by atoms with E-state index in [1.807, 2.05) is 0 Å². The molecule has 9 heteroatoms. The second kappa shape index (κ2) is 6.42. The number of fused-ring (bicyclic) bond motifs is 1. The third kappa shape index (κ3) is 2.88. The molecule has 132 valence electrons. The first-order valence-electron chi connectivity index (χ1n) is 8.03. The molecule has 1 heterocycles. The van der Waals surface area contributed by atoms with Crippen LogP contribution in [0, 0.1) is 10.1 Å². The van der Waals surface area contributed by atoms with Crippen LogP contribution in [-0.2, 0) is 0 Å². The number of rotatable bonds is 3. The molecule has 1 saturated carbocycles. The van der Waals surface area contributed by atoms with Crippen molar-refractivity contribution in [2.45, 2.75) is 38.1 Å². The fourth-order valence-electron chi connectivity index (χ4n) is 3.40. The highest BCUT2D eigenvalue weighted by atomic mass is 16.6. The number of carbonyl (C=O) groups excluding carboxylic acids is 2. The van der Waals surface area contributed by atoms with Crippen LogP contribution >= 0.6 is 0 Å². The van der Waals surface area contributed by atoms with E-state index in [0.29, 0.717) is 4.57 Å². The summed E-state index contributed by atoms with van der Waals surface area (Å²) in [6.07, 6.45) is 4.80. The number of non-ortho nitro benzene ring substituents is 1. The van der Waals surface area contributed by atoms with Crippen molar-refractivity contribution in [3.8, 4) is 5.88 Å². The molecular formula is C16H18N4O5. The average Bonchev–Trinajstić information content (AvgIpc) is 2.87. The normalized spacial score (nSPS) is 15.2. The quantitative estimate of drug-likeness (QED) is 0.577. The molecule has 0 bridgehead atoms. The lowest BCUT2D eigenvalue weighted by Crippen LogP contribution is -2.36. The highest BCUT2D eigenvalue weighted by molar-refractivity contribution is 6.14. The van der Waals surface area contributed by atoms with Gasteiger partial charge in [0.05, 0.1) is 4.92 Å². The summed E-state index contributed by atoms with van der Waals surface area (Å²) in [6.45, 7) is 0. The number of carbonyl (C=O) groups is 2. The minimum atomic E-state index is -1.10. The molecular weight excluding hydrogens is 328 g/mol. The van der Waals surface area contributed by atoms with E-state index in [4.69, 9.17) is 5.73 Å². The van der Waals surface area contributed by atoms with Gasteiger partial charge in [0.15, 0.2) is 0 Å². The number of primary amides is 1. The number of nitrogens with zero attached hydrogens (tertiary/aromatic N) is 2. The number of hydrogen-bond donors (Lipinski definition) is 3. The number of amides is 2. The number of aromatic nitrogens is 1. The zero-order valence-corrected chi connectivity index (χ0v) is 13.4. The van der Waals surface area contributed by atoms with Gasteiger partial charge in [-0.1, -0.05) is 31.4 Å². The van der Waals surface area contributed by atoms with E-state index in [2.05, 4.69) is 5.32 Å². The summed E-state index contributed by atoms with van der Waals surface area (Å²) in [5, 5.41) is 24.6. The topological polar surface area (TPSA) is 140 Å². The Labute approximate surface area is 142 Å². The monoisotopic (exact) mass is 346 g/mol. The van der Waals surface area contributed by atoms with Crippen molar-refractivity contribution in [3.63, 3.8) is 0 Å². The molecule has 1 aromatic heterocycles.